The highest BCUT2D eigenvalue weighted by Crippen LogP contribution is 2.18. The molecule has 0 atom stereocenters. The SMILES string of the molecule is N.Nc1ccc(O)c(C(=O)O)c1. The van der Waals surface area contributed by atoms with Crippen molar-refractivity contribution in [3.05, 3.63) is 23.8 Å². The Balaban J connectivity index is 0.00000121. The van der Waals surface area contributed by atoms with E-state index in [1.165, 1.54) is 18.2 Å². The summed E-state index contributed by atoms with van der Waals surface area (Å²) < 4.78 is 0. The summed E-state index contributed by atoms with van der Waals surface area (Å²) in [7, 11) is 0. The van der Waals surface area contributed by atoms with Crippen molar-refractivity contribution in [1.82, 2.24) is 6.15 Å². The van der Waals surface area contributed by atoms with Crippen molar-refractivity contribution in [2.75, 3.05) is 5.73 Å². The highest BCUT2D eigenvalue weighted by atomic mass is 16.4. The quantitative estimate of drug-likeness (QED) is 0.367. The van der Waals surface area contributed by atoms with Crippen LogP contribution in [0.3, 0.4) is 0 Å². The third kappa shape index (κ3) is 1.86. The number of nitrogen functional groups attached to an aromatic ring is 1. The zero-order valence-corrected chi connectivity index (χ0v) is 6.32. The van der Waals surface area contributed by atoms with Crippen LogP contribution < -0.4 is 11.9 Å². The second-order valence-electron chi connectivity index (χ2n) is 2.08. The van der Waals surface area contributed by atoms with Gasteiger partial charge in [0, 0.05) is 5.69 Å². The third-order valence-corrected chi connectivity index (χ3v) is 1.25. The molecule has 1 rings (SSSR count). The number of carboxylic acid groups (broad SMARTS) is 1. The summed E-state index contributed by atoms with van der Waals surface area (Å²) in [5.41, 5.74) is 5.43. The maximum atomic E-state index is 10.4. The van der Waals surface area contributed by atoms with Crippen LogP contribution in [0.5, 0.6) is 5.75 Å². The second-order valence-corrected chi connectivity index (χ2v) is 2.08. The number of aromatic hydroxyl groups is 1. The average molecular weight is 170 g/mol. The predicted octanol–water partition coefficient (Wildman–Crippen LogP) is 0.835. The molecule has 0 spiro atoms. The van der Waals surface area contributed by atoms with Crippen molar-refractivity contribution < 1.29 is 15.0 Å². The number of hydrogen-bond donors (Lipinski definition) is 4. The molecule has 66 valence electrons. The van der Waals surface area contributed by atoms with E-state index in [1.807, 2.05) is 0 Å². The Morgan fingerprint density at radius 3 is 2.42 bits per heavy atom. The van der Waals surface area contributed by atoms with Crippen molar-refractivity contribution in [2.45, 2.75) is 0 Å². The van der Waals surface area contributed by atoms with Gasteiger partial charge >= 0.3 is 5.97 Å². The van der Waals surface area contributed by atoms with E-state index in [-0.39, 0.29) is 17.5 Å². The van der Waals surface area contributed by atoms with E-state index in [9.17, 15) is 4.79 Å². The molecule has 0 heterocycles. The minimum Gasteiger partial charge on any atom is -0.507 e. The fraction of sp³-hybridized carbons (Fsp3) is 0. The zero-order valence-electron chi connectivity index (χ0n) is 6.32. The van der Waals surface area contributed by atoms with Crippen molar-refractivity contribution in [3.63, 3.8) is 0 Å². The van der Waals surface area contributed by atoms with Crippen LogP contribution in [-0.4, -0.2) is 16.2 Å². The van der Waals surface area contributed by atoms with Gasteiger partial charge in [0.15, 0.2) is 0 Å². The smallest absolute Gasteiger partial charge is 0.339 e. The van der Waals surface area contributed by atoms with Gasteiger partial charge in [0.2, 0.25) is 0 Å². The first-order valence-electron chi connectivity index (χ1n) is 2.93. The van der Waals surface area contributed by atoms with Gasteiger partial charge in [-0.05, 0) is 18.2 Å². The number of anilines is 1. The Bertz CT molecular complexity index is 299. The number of carboxylic acids is 1. The topological polar surface area (TPSA) is 119 Å². The number of hydrogen-bond acceptors (Lipinski definition) is 4. The van der Waals surface area contributed by atoms with Gasteiger partial charge in [-0.1, -0.05) is 0 Å². The summed E-state index contributed by atoms with van der Waals surface area (Å²) in [4.78, 5) is 10.4. The normalized spacial score (nSPS) is 8.67. The van der Waals surface area contributed by atoms with Gasteiger partial charge in [-0.2, -0.15) is 0 Å². The number of nitrogens with two attached hydrogens (primary N) is 1. The first-order valence-corrected chi connectivity index (χ1v) is 2.93. The van der Waals surface area contributed by atoms with E-state index >= 15 is 0 Å². The van der Waals surface area contributed by atoms with Crippen LogP contribution in [0.15, 0.2) is 18.2 Å². The van der Waals surface area contributed by atoms with Crippen molar-refractivity contribution in [3.8, 4) is 5.75 Å². The molecule has 7 N–H and O–H groups in total. The Morgan fingerprint density at radius 1 is 1.42 bits per heavy atom. The van der Waals surface area contributed by atoms with E-state index in [2.05, 4.69) is 0 Å². The van der Waals surface area contributed by atoms with E-state index in [1.54, 1.807) is 0 Å². The van der Waals surface area contributed by atoms with Gasteiger partial charge in [-0.3, -0.25) is 0 Å². The van der Waals surface area contributed by atoms with Gasteiger partial charge in [0.05, 0.1) is 0 Å². The van der Waals surface area contributed by atoms with Gasteiger partial charge < -0.3 is 22.1 Å². The number of phenols is 1. The first kappa shape index (κ1) is 10.2. The number of carbonyl (C=O) groups is 1. The van der Waals surface area contributed by atoms with E-state index in [0.717, 1.165) is 0 Å². The lowest BCUT2D eigenvalue weighted by atomic mass is 10.2. The lowest BCUT2D eigenvalue weighted by Gasteiger charge is -1.98. The van der Waals surface area contributed by atoms with Crippen LogP contribution in [0.4, 0.5) is 5.69 Å². The molecular weight excluding hydrogens is 160 g/mol. The van der Waals surface area contributed by atoms with E-state index in [0.29, 0.717) is 5.69 Å². The molecule has 0 radical (unpaired) electrons. The number of rotatable bonds is 1. The molecule has 0 aliphatic heterocycles. The summed E-state index contributed by atoms with van der Waals surface area (Å²) >= 11 is 0. The molecule has 0 saturated carbocycles. The van der Waals surface area contributed by atoms with Crippen LogP contribution in [0.1, 0.15) is 10.4 Å². The molecule has 0 saturated heterocycles. The fourth-order valence-electron chi connectivity index (χ4n) is 0.725. The second kappa shape index (κ2) is 3.59. The Kier molecular flexibility index (Phi) is 3.06. The minimum absolute atomic E-state index is 0. The van der Waals surface area contributed by atoms with Gasteiger partial charge in [-0.15, -0.1) is 0 Å². The molecular formula is C7H10N2O3. The average Bonchev–Trinajstić information content (AvgIpc) is 1.94. The summed E-state index contributed by atoms with van der Waals surface area (Å²) in [6.45, 7) is 0. The van der Waals surface area contributed by atoms with Crippen LogP contribution in [0.25, 0.3) is 0 Å². The van der Waals surface area contributed by atoms with Crippen LogP contribution in [0.2, 0.25) is 0 Å². The van der Waals surface area contributed by atoms with Gasteiger partial charge in [-0.25, -0.2) is 4.79 Å². The minimum atomic E-state index is -1.19. The zero-order chi connectivity index (χ0) is 8.43. The predicted molar refractivity (Wildman–Crippen MR) is 44.5 cm³/mol. The molecule has 0 aliphatic rings. The highest BCUT2D eigenvalue weighted by molar-refractivity contribution is 5.91. The standard InChI is InChI=1S/C7H7NO3.H3N/c8-4-1-2-6(9)5(3-4)7(10)11;/h1-3,9H,8H2,(H,10,11);1H3. The maximum absolute atomic E-state index is 10.4. The van der Waals surface area contributed by atoms with Crippen LogP contribution in [-0.2, 0) is 0 Å². The lowest BCUT2D eigenvalue weighted by molar-refractivity contribution is 0.0694. The lowest BCUT2D eigenvalue weighted by Crippen LogP contribution is -1.97. The van der Waals surface area contributed by atoms with Gasteiger partial charge in [0.25, 0.3) is 0 Å². The third-order valence-electron chi connectivity index (χ3n) is 1.25. The maximum Gasteiger partial charge on any atom is 0.339 e. The Labute approximate surface area is 69.0 Å². The molecule has 0 fully saturated rings. The van der Waals surface area contributed by atoms with Crippen LogP contribution in [0, 0.1) is 0 Å². The van der Waals surface area contributed by atoms with E-state index < -0.39 is 5.97 Å². The van der Waals surface area contributed by atoms with Crippen molar-refractivity contribution in [1.29, 1.82) is 0 Å². The highest BCUT2D eigenvalue weighted by Gasteiger charge is 2.08. The molecule has 5 nitrogen and oxygen atoms in total. The Hall–Kier alpha value is -1.75. The Morgan fingerprint density at radius 2 is 2.00 bits per heavy atom. The molecule has 0 aliphatic carbocycles. The molecule has 0 amide bonds. The number of aromatic carboxylic acids is 1. The summed E-state index contributed by atoms with van der Waals surface area (Å²) in [6.07, 6.45) is 0. The molecule has 5 heteroatoms. The van der Waals surface area contributed by atoms with Crippen molar-refractivity contribution in [2.24, 2.45) is 0 Å². The molecule has 0 unspecified atom stereocenters. The monoisotopic (exact) mass is 170 g/mol. The molecule has 12 heavy (non-hydrogen) atoms. The van der Waals surface area contributed by atoms with Crippen molar-refractivity contribution >= 4 is 11.7 Å². The summed E-state index contributed by atoms with van der Waals surface area (Å²) in [6, 6.07) is 3.89. The summed E-state index contributed by atoms with van der Waals surface area (Å²) in [5.74, 6) is -1.46. The van der Waals surface area contributed by atoms with Gasteiger partial charge in [0.1, 0.15) is 11.3 Å². The summed E-state index contributed by atoms with van der Waals surface area (Å²) in [5, 5.41) is 17.4. The largest absolute Gasteiger partial charge is 0.507 e. The van der Waals surface area contributed by atoms with Crippen LogP contribution >= 0.6 is 0 Å². The molecule has 1 aromatic rings. The fourth-order valence-corrected chi connectivity index (χ4v) is 0.725. The van der Waals surface area contributed by atoms with E-state index in [4.69, 9.17) is 15.9 Å². The molecule has 0 aromatic heterocycles. The first-order chi connectivity index (χ1) is 5.11. The molecule has 1 aromatic carbocycles. The molecule has 0 bridgehead atoms. The number of benzene rings is 1.